The van der Waals surface area contributed by atoms with E-state index < -0.39 is 6.10 Å². The molecule has 1 aromatic heterocycles. The zero-order valence-corrected chi connectivity index (χ0v) is 18.5. The molecule has 1 fully saturated rings. The highest BCUT2D eigenvalue weighted by atomic mass is 16.5. The summed E-state index contributed by atoms with van der Waals surface area (Å²) < 4.78 is 11.4. The highest BCUT2D eigenvalue weighted by Crippen LogP contribution is 2.26. The Labute approximate surface area is 180 Å². The lowest BCUT2D eigenvalue weighted by atomic mass is 10.1. The molecule has 3 rings (SSSR count). The van der Waals surface area contributed by atoms with Crippen LogP contribution >= 0.6 is 0 Å². The van der Waals surface area contributed by atoms with E-state index in [-0.39, 0.29) is 6.61 Å². The number of aliphatic hydroxyl groups is 1. The predicted molar refractivity (Wildman–Crippen MR) is 119 cm³/mol. The molecule has 0 saturated carbocycles. The van der Waals surface area contributed by atoms with Crippen molar-refractivity contribution in [3.63, 3.8) is 0 Å². The fourth-order valence-electron chi connectivity index (χ4n) is 3.81. The summed E-state index contributed by atoms with van der Waals surface area (Å²) in [5.74, 6) is 1.51. The van der Waals surface area contributed by atoms with Crippen molar-refractivity contribution < 1.29 is 14.6 Å². The predicted octanol–water partition coefficient (Wildman–Crippen LogP) is 3.12. The monoisotopic (exact) mass is 413 g/mol. The van der Waals surface area contributed by atoms with Crippen molar-refractivity contribution in [2.75, 3.05) is 40.4 Å². The number of ether oxygens (including phenoxy) is 2. The lowest BCUT2D eigenvalue weighted by Gasteiger charge is -2.22. The van der Waals surface area contributed by atoms with E-state index in [9.17, 15) is 5.11 Å². The maximum Gasteiger partial charge on any atom is 0.127 e. The van der Waals surface area contributed by atoms with Crippen LogP contribution in [0.1, 0.15) is 36.6 Å². The van der Waals surface area contributed by atoms with Crippen LogP contribution in [0.25, 0.3) is 0 Å². The van der Waals surface area contributed by atoms with Crippen LogP contribution < -0.4 is 9.47 Å². The number of hydrogen-bond acceptors (Lipinski definition) is 6. The van der Waals surface area contributed by atoms with Gasteiger partial charge in [-0.1, -0.05) is 19.1 Å². The Balaban J connectivity index is 1.59. The number of nitrogens with zero attached hydrogens (tertiary/aromatic N) is 3. The number of methoxy groups -OCH3 is 1. The maximum absolute atomic E-state index is 10.4. The molecule has 0 amide bonds. The number of aryl methyl sites for hydroxylation is 1. The number of aromatic nitrogens is 1. The molecule has 2 aromatic rings. The molecule has 2 heterocycles. The van der Waals surface area contributed by atoms with Crippen LogP contribution in [0, 0.1) is 0 Å². The Morgan fingerprint density at radius 3 is 2.63 bits per heavy atom. The van der Waals surface area contributed by atoms with Gasteiger partial charge >= 0.3 is 0 Å². The second kappa shape index (κ2) is 11.3. The van der Waals surface area contributed by atoms with E-state index in [0.29, 0.717) is 6.54 Å². The second-order valence-electron chi connectivity index (χ2n) is 8.13. The molecule has 6 heteroatoms. The van der Waals surface area contributed by atoms with Gasteiger partial charge in [0.15, 0.2) is 0 Å². The summed E-state index contributed by atoms with van der Waals surface area (Å²) in [4.78, 5) is 9.07. The number of rotatable bonds is 11. The third-order valence-corrected chi connectivity index (χ3v) is 5.54. The zero-order chi connectivity index (χ0) is 21.3. The molecule has 1 N–H and O–H groups in total. The Hall–Kier alpha value is -2.15. The molecule has 0 spiro atoms. The lowest BCUT2D eigenvalue weighted by Crippen LogP contribution is -2.33. The third-order valence-electron chi connectivity index (χ3n) is 5.54. The summed E-state index contributed by atoms with van der Waals surface area (Å²) in [7, 11) is 3.73. The largest absolute Gasteiger partial charge is 0.497 e. The van der Waals surface area contributed by atoms with Crippen molar-refractivity contribution in [1.82, 2.24) is 14.8 Å². The van der Waals surface area contributed by atoms with Gasteiger partial charge in [0.2, 0.25) is 0 Å². The third kappa shape index (κ3) is 6.69. The molecule has 0 aliphatic carbocycles. The van der Waals surface area contributed by atoms with Gasteiger partial charge in [-0.2, -0.15) is 0 Å². The normalized spacial score (nSPS) is 15.5. The van der Waals surface area contributed by atoms with Crippen LogP contribution in [0.15, 0.2) is 36.5 Å². The average Bonchev–Trinajstić information content (AvgIpc) is 3.26. The molecular formula is C24H35N3O3. The first kappa shape index (κ1) is 22.5. The molecule has 6 nitrogen and oxygen atoms in total. The molecule has 1 saturated heterocycles. The van der Waals surface area contributed by atoms with E-state index in [1.165, 1.54) is 18.4 Å². The minimum Gasteiger partial charge on any atom is -0.497 e. The van der Waals surface area contributed by atoms with Gasteiger partial charge in [-0.15, -0.1) is 0 Å². The number of benzene rings is 1. The molecule has 1 aliphatic rings. The van der Waals surface area contributed by atoms with Gasteiger partial charge in [0.25, 0.3) is 0 Å². The van der Waals surface area contributed by atoms with Gasteiger partial charge < -0.3 is 19.5 Å². The molecule has 30 heavy (non-hydrogen) atoms. The summed E-state index contributed by atoms with van der Waals surface area (Å²) >= 11 is 0. The number of aliphatic hydroxyl groups excluding tert-OH is 1. The summed E-state index contributed by atoms with van der Waals surface area (Å²) in [6.07, 6.45) is 4.89. The molecule has 1 unspecified atom stereocenters. The first-order valence-electron chi connectivity index (χ1n) is 10.9. The van der Waals surface area contributed by atoms with Crippen LogP contribution in [-0.4, -0.2) is 66.4 Å². The van der Waals surface area contributed by atoms with Crippen molar-refractivity contribution >= 4 is 0 Å². The van der Waals surface area contributed by atoms with Crippen LogP contribution in [0.4, 0.5) is 0 Å². The van der Waals surface area contributed by atoms with E-state index in [4.69, 9.17) is 9.47 Å². The molecular weight excluding hydrogens is 378 g/mol. The van der Waals surface area contributed by atoms with E-state index in [1.54, 1.807) is 7.11 Å². The number of β-amino-alcohol motifs (C(OH)–C–C–N with tert-alkyl or cyclic N) is 1. The van der Waals surface area contributed by atoms with Crippen molar-refractivity contribution in [3.8, 4) is 11.5 Å². The first-order chi connectivity index (χ1) is 14.6. The van der Waals surface area contributed by atoms with Gasteiger partial charge in [0.05, 0.1) is 12.8 Å². The highest BCUT2D eigenvalue weighted by Gasteiger charge is 2.17. The summed E-state index contributed by atoms with van der Waals surface area (Å²) in [5, 5.41) is 10.4. The quantitative estimate of drug-likeness (QED) is 0.611. The average molecular weight is 414 g/mol. The smallest absolute Gasteiger partial charge is 0.127 e. The zero-order valence-electron chi connectivity index (χ0n) is 18.5. The Morgan fingerprint density at radius 1 is 1.17 bits per heavy atom. The van der Waals surface area contributed by atoms with Crippen LogP contribution in [0.5, 0.6) is 11.5 Å². The highest BCUT2D eigenvalue weighted by molar-refractivity contribution is 5.40. The molecule has 0 bridgehead atoms. The van der Waals surface area contributed by atoms with E-state index >= 15 is 0 Å². The van der Waals surface area contributed by atoms with Gasteiger partial charge in [-0.05, 0) is 57.1 Å². The second-order valence-corrected chi connectivity index (χ2v) is 8.13. The Bertz CT molecular complexity index is 776. The number of hydrogen-bond donors (Lipinski definition) is 1. The molecule has 1 atom stereocenters. The van der Waals surface area contributed by atoms with Crippen molar-refractivity contribution in [1.29, 1.82) is 0 Å². The standard InChI is InChI=1S/C24H35N3O3/c1-4-19-7-9-21(25-14-19)16-26(2)15-20-8-10-23(29-3)13-24(20)30-18-22(28)17-27-11-5-6-12-27/h7-10,13-14,22,28H,4-6,11-12,15-18H2,1-3H3. The molecule has 164 valence electrons. The van der Waals surface area contributed by atoms with Gasteiger partial charge in [0, 0.05) is 37.5 Å². The van der Waals surface area contributed by atoms with Crippen molar-refractivity contribution in [2.45, 2.75) is 45.4 Å². The van der Waals surface area contributed by atoms with E-state index in [0.717, 1.165) is 55.4 Å². The Kier molecular flexibility index (Phi) is 8.49. The Morgan fingerprint density at radius 2 is 1.97 bits per heavy atom. The van der Waals surface area contributed by atoms with E-state index in [1.807, 2.05) is 24.4 Å². The lowest BCUT2D eigenvalue weighted by molar-refractivity contribution is 0.0750. The summed E-state index contributed by atoms with van der Waals surface area (Å²) in [6.45, 7) is 6.69. The van der Waals surface area contributed by atoms with Crippen molar-refractivity contribution in [2.24, 2.45) is 0 Å². The van der Waals surface area contributed by atoms with Gasteiger partial charge in [0.1, 0.15) is 24.2 Å². The SMILES string of the molecule is CCc1ccc(CN(C)Cc2ccc(OC)cc2OCC(O)CN2CCCC2)nc1. The number of likely N-dealkylation sites (tertiary alicyclic amines) is 1. The van der Waals surface area contributed by atoms with Crippen LogP contribution in [-0.2, 0) is 19.5 Å². The summed E-state index contributed by atoms with van der Waals surface area (Å²) in [6, 6.07) is 10.1. The molecule has 0 radical (unpaired) electrons. The van der Waals surface area contributed by atoms with E-state index in [2.05, 4.69) is 40.9 Å². The minimum atomic E-state index is -0.499. The minimum absolute atomic E-state index is 0.278. The number of pyridine rings is 1. The molecule has 1 aliphatic heterocycles. The topological polar surface area (TPSA) is 58.1 Å². The van der Waals surface area contributed by atoms with Gasteiger partial charge in [-0.3, -0.25) is 9.88 Å². The maximum atomic E-state index is 10.4. The fourth-order valence-corrected chi connectivity index (χ4v) is 3.81. The molecule has 1 aromatic carbocycles. The fraction of sp³-hybridized carbons (Fsp3) is 0.542. The summed E-state index contributed by atoms with van der Waals surface area (Å²) in [5.41, 5.74) is 3.36. The van der Waals surface area contributed by atoms with Crippen LogP contribution in [0.3, 0.4) is 0 Å². The first-order valence-corrected chi connectivity index (χ1v) is 10.9. The van der Waals surface area contributed by atoms with Gasteiger partial charge in [-0.25, -0.2) is 0 Å². The van der Waals surface area contributed by atoms with Crippen molar-refractivity contribution in [3.05, 3.63) is 53.3 Å². The van der Waals surface area contributed by atoms with Crippen LogP contribution in [0.2, 0.25) is 0 Å².